The van der Waals surface area contributed by atoms with Crippen molar-refractivity contribution in [1.82, 2.24) is 19.5 Å². The molecule has 0 aliphatic heterocycles. The number of benzene rings is 1. The Morgan fingerprint density at radius 3 is 2.70 bits per heavy atom. The van der Waals surface area contributed by atoms with Crippen LogP contribution in [0.1, 0.15) is 70.9 Å². The van der Waals surface area contributed by atoms with Gasteiger partial charge in [0.2, 0.25) is 5.95 Å². The van der Waals surface area contributed by atoms with Crippen LogP contribution in [0.4, 0.5) is 21.8 Å². The zero-order valence-corrected chi connectivity index (χ0v) is 19.6. The number of nitrogens with zero attached hydrogens (tertiary/aromatic N) is 4. The van der Waals surface area contributed by atoms with E-state index in [1.165, 1.54) is 31.4 Å². The third-order valence-electron chi connectivity index (χ3n) is 6.51. The van der Waals surface area contributed by atoms with Gasteiger partial charge in [0.25, 0.3) is 0 Å². The summed E-state index contributed by atoms with van der Waals surface area (Å²) < 4.78 is 15.9. The topological polar surface area (TPSA) is 114 Å². The lowest BCUT2D eigenvalue weighted by Gasteiger charge is -2.29. The Morgan fingerprint density at radius 2 is 2.00 bits per heavy atom. The first-order valence-electron chi connectivity index (χ1n) is 11.8. The molecule has 3 aromatic rings. The van der Waals surface area contributed by atoms with E-state index in [0.29, 0.717) is 47.5 Å². The molecule has 0 amide bonds. The molecule has 0 spiro atoms. The van der Waals surface area contributed by atoms with Crippen molar-refractivity contribution in [2.45, 2.75) is 83.5 Å². The smallest absolute Gasteiger partial charge is 0.227 e. The van der Waals surface area contributed by atoms with Crippen molar-refractivity contribution >= 4 is 28.6 Å². The van der Waals surface area contributed by atoms with Gasteiger partial charge in [-0.15, -0.1) is 0 Å². The van der Waals surface area contributed by atoms with Crippen molar-refractivity contribution in [3.05, 3.63) is 35.9 Å². The van der Waals surface area contributed by atoms with E-state index in [4.69, 9.17) is 10.7 Å². The number of rotatable bonds is 8. The van der Waals surface area contributed by atoms with E-state index in [-0.39, 0.29) is 11.9 Å². The second-order valence-electron chi connectivity index (χ2n) is 9.47. The van der Waals surface area contributed by atoms with E-state index in [0.717, 1.165) is 18.5 Å². The number of imidazole rings is 1. The summed E-state index contributed by atoms with van der Waals surface area (Å²) in [7, 11) is 0. The van der Waals surface area contributed by atoms with E-state index in [2.05, 4.69) is 25.2 Å². The fourth-order valence-electron chi connectivity index (χ4n) is 4.57. The second-order valence-corrected chi connectivity index (χ2v) is 9.47. The first-order chi connectivity index (χ1) is 15.8. The van der Waals surface area contributed by atoms with E-state index in [9.17, 15) is 9.50 Å². The number of aliphatic hydroxyl groups is 1. The molecule has 9 heteroatoms. The van der Waals surface area contributed by atoms with Gasteiger partial charge in [-0.3, -0.25) is 0 Å². The Hall–Kier alpha value is -2.94. The highest BCUT2D eigenvalue weighted by Gasteiger charge is 2.27. The number of anilines is 3. The van der Waals surface area contributed by atoms with Gasteiger partial charge in [-0.1, -0.05) is 26.2 Å². The average molecular weight is 456 g/mol. The van der Waals surface area contributed by atoms with Crippen molar-refractivity contribution in [1.29, 1.82) is 0 Å². The zero-order chi connectivity index (χ0) is 23.6. The number of halogens is 1. The minimum Gasteiger partial charge on any atom is -0.398 e. The quantitative estimate of drug-likeness (QED) is 0.366. The van der Waals surface area contributed by atoms with Gasteiger partial charge in [-0.2, -0.15) is 9.97 Å². The number of fused-ring (bicyclic) bond motifs is 1. The normalized spacial score (nSPS) is 16.2. The molecular formula is C24H34FN7O. The van der Waals surface area contributed by atoms with Crippen LogP contribution in [0.3, 0.4) is 0 Å². The van der Waals surface area contributed by atoms with Gasteiger partial charge in [-0.05, 0) is 56.9 Å². The van der Waals surface area contributed by atoms with Gasteiger partial charge in [0, 0.05) is 18.3 Å². The molecule has 0 saturated heterocycles. The van der Waals surface area contributed by atoms with Crippen LogP contribution in [0.25, 0.3) is 11.2 Å². The standard InChI is InChI=1S/C24H34FN7O/c1-4-19(24(2,3)33)29-23-30-21(27-13-15-12-16(25)10-11-18(15)26)20-22(31-23)32(14-28-20)17-8-6-5-7-9-17/h10-12,14,17,19,33H,4-9,13,26H2,1-3H3,(H2,27,29,30,31). The molecule has 2 aromatic heterocycles. The molecule has 1 aliphatic rings. The Kier molecular flexibility index (Phi) is 6.69. The number of hydrogen-bond donors (Lipinski definition) is 4. The average Bonchev–Trinajstić information content (AvgIpc) is 3.22. The van der Waals surface area contributed by atoms with Gasteiger partial charge in [0.15, 0.2) is 17.0 Å². The molecule has 0 bridgehead atoms. The van der Waals surface area contributed by atoms with Crippen LogP contribution >= 0.6 is 0 Å². The zero-order valence-electron chi connectivity index (χ0n) is 19.6. The minimum atomic E-state index is -0.944. The lowest BCUT2D eigenvalue weighted by atomic mass is 9.95. The van der Waals surface area contributed by atoms with Gasteiger partial charge in [0.1, 0.15) is 5.82 Å². The van der Waals surface area contributed by atoms with Crippen LogP contribution in [0.5, 0.6) is 0 Å². The van der Waals surface area contributed by atoms with E-state index < -0.39 is 5.60 Å². The molecule has 2 heterocycles. The van der Waals surface area contributed by atoms with Crippen LogP contribution in [0.15, 0.2) is 24.5 Å². The Bertz CT molecular complexity index is 1100. The summed E-state index contributed by atoms with van der Waals surface area (Å²) in [4.78, 5) is 14.1. The first kappa shape index (κ1) is 23.2. The molecular weight excluding hydrogens is 421 g/mol. The van der Waals surface area contributed by atoms with Gasteiger partial charge in [0.05, 0.1) is 18.0 Å². The highest BCUT2D eigenvalue weighted by Crippen LogP contribution is 2.32. The summed E-state index contributed by atoms with van der Waals surface area (Å²) in [6.45, 7) is 5.84. The molecule has 4 rings (SSSR count). The van der Waals surface area contributed by atoms with Crippen LogP contribution in [0.2, 0.25) is 0 Å². The third kappa shape index (κ3) is 5.19. The predicted octanol–water partition coefficient (Wildman–Crippen LogP) is 4.63. The van der Waals surface area contributed by atoms with Crippen molar-refractivity contribution in [3.63, 3.8) is 0 Å². The number of hydrogen-bond acceptors (Lipinski definition) is 7. The fraction of sp³-hybridized carbons (Fsp3) is 0.542. The summed E-state index contributed by atoms with van der Waals surface area (Å²) >= 11 is 0. The molecule has 1 aromatic carbocycles. The number of nitrogens with one attached hydrogen (secondary N) is 2. The van der Waals surface area contributed by atoms with E-state index >= 15 is 0 Å². The summed E-state index contributed by atoms with van der Waals surface area (Å²) in [5.74, 6) is 0.629. The van der Waals surface area contributed by atoms with Crippen molar-refractivity contribution in [2.75, 3.05) is 16.4 Å². The molecule has 8 nitrogen and oxygen atoms in total. The molecule has 1 unspecified atom stereocenters. The van der Waals surface area contributed by atoms with Crippen molar-refractivity contribution < 1.29 is 9.50 Å². The Morgan fingerprint density at radius 1 is 1.24 bits per heavy atom. The number of nitrogens with two attached hydrogens (primary N) is 1. The van der Waals surface area contributed by atoms with E-state index in [1.54, 1.807) is 19.9 Å². The monoisotopic (exact) mass is 455 g/mol. The highest BCUT2D eigenvalue weighted by molar-refractivity contribution is 5.84. The van der Waals surface area contributed by atoms with Gasteiger partial charge >= 0.3 is 0 Å². The van der Waals surface area contributed by atoms with E-state index in [1.807, 2.05) is 13.3 Å². The molecule has 1 aliphatic carbocycles. The third-order valence-corrected chi connectivity index (χ3v) is 6.51. The molecule has 178 valence electrons. The summed E-state index contributed by atoms with van der Waals surface area (Å²) in [6.07, 6.45) is 8.40. The molecule has 0 radical (unpaired) electrons. The molecule has 1 saturated carbocycles. The van der Waals surface area contributed by atoms with Crippen LogP contribution in [0, 0.1) is 5.82 Å². The fourth-order valence-corrected chi connectivity index (χ4v) is 4.57. The maximum atomic E-state index is 13.7. The molecule has 1 atom stereocenters. The summed E-state index contributed by atoms with van der Waals surface area (Å²) in [5, 5.41) is 17.1. The first-order valence-corrected chi connectivity index (χ1v) is 11.8. The number of nitrogen functional groups attached to an aromatic ring is 1. The molecule has 33 heavy (non-hydrogen) atoms. The number of aromatic nitrogens is 4. The largest absolute Gasteiger partial charge is 0.398 e. The lowest BCUT2D eigenvalue weighted by Crippen LogP contribution is -2.41. The SMILES string of the molecule is CCC(Nc1nc(NCc2cc(F)ccc2N)c2ncn(C3CCCCC3)c2n1)C(C)(C)O. The van der Waals surface area contributed by atoms with Crippen LogP contribution < -0.4 is 16.4 Å². The molecule has 1 fully saturated rings. The highest BCUT2D eigenvalue weighted by atomic mass is 19.1. The minimum absolute atomic E-state index is 0.229. The maximum absolute atomic E-state index is 13.7. The lowest BCUT2D eigenvalue weighted by molar-refractivity contribution is 0.0577. The van der Waals surface area contributed by atoms with Crippen molar-refractivity contribution in [2.24, 2.45) is 0 Å². The second kappa shape index (κ2) is 9.51. The van der Waals surface area contributed by atoms with Crippen LogP contribution in [-0.4, -0.2) is 36.3 Å². The summed E-state index contributed by atoms with van der Waals surface area (Å²) in [5.41, 5.74) is 7.65. The van der Waals surface area contributed by atoms with Gasteiger partial charge < -0.3 is 26.0 Å². The Balaban J connectivity index is 1.71. The summed E-state index contributed by atoms with van der Waals surface area (Å²) in [6, 6.07) is 4.45. The molecule has 5 N–H and O–H groups in total. The van der Waals surface area contributed by atoms with Crippen LogP contribution in [-0.2, 0) is 6.54 Å². The maximum Gasteiger partial charge on any atom is 0.227 e. The predicted molar refractivity (Wildman–Crippen MR) is 130 cm³/mol. The van der Waals surface area contributed by atoms with Crippen molar-refractivity contribution in [3.8, 4) is 0 Å². The van der Waals surface area contributed by atoms with Gasteiger partial charge in [-0.25, -0.2) is 9.37 Å². The Labute approximate surface area is 193 Å².